The number of amides is 1. The minimum Gasteiger partial charge on any atom is -0.360 e. The van der Waals surface area contributed by atoms with Gasteiger partial charge >= 0.3 is 0 Å². The van der Waals surface area contributed by atoms with Crippen LogP contribution in [0.4, 0.5) is 4.39 Å². The van der Waals surface area contributed by atoms with Crippen molar-refractivity contribution in [2.75, 3.05) is 6.54 Å². The van der Waals surface area contributed by atoms with Crippen LogP contribution in [-0.4, -0.2) is 32.1 Å². The number of hydrogen-bond donors (Lipinski definition) is 0. The van der Waals surface area contributed by atoms with Gasteiger partial charge in [-0.15, -0.1) is 0 Å². The number of carbonyl (C=O) groups excluding carboxylic acids is 1. The van der Waals surface area contributed by atoms with E-state index in [1.165, 1.54) is 6.07 Å². The minimum absolute atomic E-state index is 0.00373. The third-order valence-corrected chi connectivity index (χ3v) is 4.73. The summed E-state index contributed by atoms with van der Waals surface area (Å²) in [6.45, 7) is 3.19. The van der Waals surface area contributed by atoms with Gasteiger partial charge in [0.2, 0.25) is 5.91 Å². The van der Waals surface area contributed by atoms with E-state index in [-0.39, 0.29) is 18.3 Å². The highest BCUT2D eigenvalue weighted by Gasteiger charge is 2.28. The fraction of sp³-hybridized carbons (Fsp3) is 0.316. The van der Waals surface area contributed by atoms with E-state index in [2.05, 4.69) is 10.1 Å². The lowest BCUT2D eigenvalue weighted by Crippen LogP contribution is -2.38. The summed E-state index contributed by atoms with van der Waals surface area (Å²) in [6.07, 6.45) is 4.87. The van der Waals surface area contributed by atoms with Crippen LogP contribution in [0.15, 0.2) is 41.2 Å². The molecule has 7 heteroatoms. The monoisotopic (exact) mass is 354 g/mol. The molecular weight excluding hydrogens is 335 g/mol. The highest BCUT2D eigenvalue weighted by molar-refractivity contribution is 5.77. The molecule has 0 unspecified atom stereocenters. The van der Waals surface area contributed by atoms with E-state index in [1.54, 1.807) is 29.3 Å². The summed E-state index contributed by atoms with van der Waals surface area (Å²) in [4.78, 5) is 18.7. The maximum atomic E-state index is 14.1. The molecule has 0 N–H and O–H groups in total. The van der Waals surface area contributed by atoms with Gasteiger partial charge in [0.25, 0.3) is 0 Å². The molecule has 134 valence electrons. The first-order valence-electron chi connectivity index (χ1n) is 8.67. The van der Waals surface area contributed by atoms with Crippen molar-refractivity contribution in [3.8, 4) is 11.3 Å². The quantitative estimate of drug-likeness (QED) is 0.723. The molecule has 1 aliphatic heterocycles. The Hall–Kier alpha value is -2.96. The number of fused-ring (bicyclic) bond motifs is 1. The molecule has 3 heterocycles. The van der Waals surface area contributed by atoms with Crippen molar-refractivity contribution in [3.63, 3.8) is 0 Å². The summed E-state index contributed by atoms with van der Waals surface area (Å²) in [5.41, 5.74) is 1.67. The Morgan fingerprint density at radius 3 is 3.00 bits per heavy atom. The molecule has 3 aromatic rings. The lowest BCUT2D eigenvalue weighted by Gasteiger charge is -2.26. The van der Waals surface area contributed by atoms with Gasteiger partial charge in [-0.3, -0.25) is 4.79 Å². The standard InChI is InChI=1S/C19H19FN4O2/c1-2-17-21-8-10-23(17)12-18(25)24-9-7-16-14(11-24)19(22-26-16)13-5-3-4-6-15(13)20/h3-6,8,10H,2,7,9,11-12H2,1H3. The number of benzene rings is 1. The Bertz CT molecular complexity index is 947. The topological polar surface area (TPSA) is 64.2 Å². The van der Waals surface area contributed by atoms with Crippen molar-refractivity contribution in [1.29, 1.82) is 0 Å². The molecule has 0 radical (unpaired) electrons. The summed E-state index contributed by atoms with van der Waals surface area (Å²) in [5, 5.41) is 4.06. The van der Waals surface area contributed by atoms with Crippen LogP contribution in [0.3, 0.4) is 0 Å². The van der Waals surface area contributed by atoms with Crippen molar-refractivity contribution in [3.05, 3.63) is 59.6 Å². The van der Waals surface area contributed by atoms with E-state index >= 15 is 0 Å². The highest BCUT2D eigenvalue weighted by atomic mass is 19.1. The van der Waals surface area contributed by atoms with Gasteiger partial charge in [0.1, 0.15) is 29.6 Å². The molecule has 1 aliphatic rings. The second kappa shape index (κ2) is 6.74. The van der Waals surface area contributed by atoms with Crippen LogP contribution in [0.2, 0.25) is 0 Å². The summed E-state index contributed by atoms with van der Waals surface area (Å²) >= 11 is 0. The summed E-state index contributed by atoms with van der Waals surface area (Å²) in [7, 11) is 0. The van der Waals surface area contributed by atoms with E-state index < -0.39 is 0 Å². The van der Waals surface area contributed by atoms with Gasteiger partial charge < -0.3 is 14.0 Å². The lowest BCUT2D eigenvalue weighted by atomic mass is 10.0. The van der Waals surface area contributed by atoms with E-state index in [1.807, 2.05) is 17.7 Å². The molecule has 0 saturated carbocycles. The summed E-state index contributed by atoms with van der Waals surface area (Å²) in [5.74, 6) is 1.26. The number of hydrogen-bond acceptors (Lipinski definition) is 4. The molecule has 1 amide bonds. The minimum atomic E-state index is -0.349. The predicted octanol–water partition coefficient (Wildman–Crippen LogP) is 2.82. The highest BCUT2D eigenvalue weighted by Crippen LogP contribution is 2.31. The number of aryl methyl sites for hydroxylation is 1. The van der Waals surface area contributed by atoms with Gasteiger partial charge in [0.15, 0.2) is 0 Å². The first-order valence-corrected chi connectivity index (χ1v) is 8.67. The Labute approximate surface area is 150 Å². The van der Waals surface area contributed by atoms with Crippen molar-refractivity contribution in [1.82, 2.24) is 19.6 Å². The van der Waals surface area contributed by atoms with Gasteiger partial charge in [-0.25, -0.2) is 9.37 Å². The maximum absolute atomic E-state index is 14.1. The van der Waals surface area contributed by atoms with Crippen LogP contribution in [0.25, 0.3) is 11.3 Å². The van der Waals surface area contributed by atoms with Crippen LogP contribution in [0, 0.1) is 5.82 Å². The van der Waals surface area contributed by atoms with Gasteiger partial charge in [0.05, 0.1) is 6.54 Å². The zero-order valence-corrected chi connectivity index (χ0v) is 14.5. The Kier molecular flexibility index (Phi) is 4.28. The third kappa shape index (κ3) is 2.89. The largest absolute Gasteiger partial charge is 0.360 e. The van der Waals surface area contributed by atoms with E-state index in [0.29, 0.717) is 30.8 Å². The average Bonchev–Trinajstić information content (AvgIpc) is 3.28. The number of carbonyl (C=O) groups is 1. The number of nitrogens with zero attached hydrogens (tertiary/aromatic N) is 4. The second-order valence-corrected chi connectivity index (χ2v) is 6.30. The summed E-state index contributed by atoms with van der Waals surface area (Å²) < 4.78 is 21.4. The molecule has 0 spiro atoms. The molecule has 0 aliphatic carbocycles. The van der Waals surface area contributed by atoms with Crippen molar-refractivity contribution >= 4 is 5.91 Å². The number of imidazole rings is 1. The molecule has 4 rings (SSSR count). The second-order valence-electron chi connectivity index (χ2n) is 6.30. The van der Waals surface area contributed by atoms with Crippen molar-refractivity contribution in [2.24, 2.45) is 0 Å². The predicted molar refractivity (Wildman–Crippen MR) is 92.6 cm³/mol. The van der Waals surface area contributed by atoms with E-state index in [4.69, 9.17) is 4.52 Å². The van der Waals surface area contributed by atoms with Crippen LogP contribution >= 0.6 is 0 Å². The maximum Gasteiger partial charge on any atom is 0.242 e. The summed E-state index contributed by atoms with van der Waals surface area (Å²) in [6, 6.07) is 6.47. The van der Waals surface area contributed by atoms with Gasteiger partial charge in [-0.05, 0) is 12.1 Å². The molecule has 0 saturated heterocycles. The average molecular weight is 354 g/mol. The number of rotatable bonds is 4. The van der Waals surface area contributed by atoms with E-state index in [0.717, 1.165) is 23.6 Å². The first-order chi connectivity index (χ1) is 12.7. The van der Waals surface area contributed by atoms with Crippen LogP contribution in [-0.2, 0) is 30.7 Å². The first kappa shape index (κ1) is 16.5. The van der Waals surface area contributed by atoms with Gasteiger partial charge in [-0.1, -0.05) is 24.2 Å². The normalized spacial score (nSPS) is 13.7. The third-order valence-electron chi connectivity index (χ3n) is 4.73. The molecule has 1 aromatic carbocycles. The SMILES string of the molecule is CCc1nccn1CC(=O)N1CCc2onc(-c3ccccc3F)c2C1. The Morgan fingerprint density at radius 2 is 2.19 bits per heavy atom. The zero-order valence-electron chi connectivity index (χ0n) is 14.5. The number of halogens is 1. The van der Waals surface area contributed by atoms with Crippen molar-refractivity contribution in [2.45, 2.75) is 32.9 Å². The fourth-order valence-electron chi connectivity index (χ4n) is 3.33. The Morgan fingerprint density at radius 1 is 1.35 bits per heavy atom. The van der Waals surface area contributed by atoms with Crippen LogP contribution in [0.1, 0.15) is 24.1 Å². The number of aromatic nitrogens is 3. The molecule has 0 bridgehead atoms. The lowest BCUT2D eigenvalue weighted by molar-refractivity contribution is -0.132. The van der Waals surface area contributed by atoms with Gasteiger partial charge in [0, 0.05) is 42.9 Å². The van der Waals surface area contributed by atoms with Crippen LogP contribution < -0.4 is 0 Å². The fourth-order valence-corrected chi connectivity index (χ4v) is 3.33. The molecule has 0 atom stereocenters. The van der Waals surface area contributed by atoms with Gasteiger partial charge in [-0.2, -0.15) is 0 Å². The molecule has 2 aromatic heterocycles. The molecule has 6 nitrogen and oxygen atoms in total. The zero-order chi connectivity index (χ0) is 18.1. The molecule has 0 fully saturated rings. The molecule has 26 heavy (non-hydrogen) atoms. The smallest absolute Gasteiger partial charge is 0.242 e. The Balaban J connectivity index is 1.57. The van der Waals surface area contributed by atoms with E-state index in [9.17, 15) is 9.18 Å². The van der Waals surface area contributed by atoms with Crippen molar-refractivity contribution < 1.29 is 13.7 Å². The molecular formula is C19H19FN4O2. The van der Waals surface area contributed by atoms with Crippen LogP contribution in [0.5, 0.6) is 0 Å².